The summed E-state index contributed by atoms with van der Waals surface area (Å²) in [7, 11) is -1.24. The summed E-state index contributed by atoms with van der Waals surface area (Å²) in [6, 6.07) is 5.30. The molecular weight excluding hydrogens is 314 g/mol. The van der Waals surface area contributed by atoms with Crippen molar-refractivity contribution >= 4 is 26.8 Å². The highest BCUT2D eigenvalue weighted by Crippen LogP contribution is 2.30. The normalized spacial score (nSPS) is 22.8. The summed E-state index contributed by atoms with van der Waals surface area (Å²) in [5.41, 5.74) is 2.12. The number of amides is 1. The van der Waals surface area contributed by atoms with Crippen molar-refractivity contribution in [1.82, 2.24) is 14.9 Å². The van der Waals surface area contributed by atoms with Crippen LogP contribution in [0.15, 0.2) is 24.5 Å². The van der Waals surface area contributed by atoms with E-state index < -0.39 is 14.6 Å². The molecule has 0 spiro atoms. The lowest BCUT2D eigenvalue weighted by molar-refractivity contribution is 0.0932. The SMILES string of the molecule is Cn1cnc2cccc(C(=O)N[C@H]3CCS(=O)(=O)C(C)(C)C3)c21. The minimum atomic E-state index is -3.09. The average molecular weight is 335 g/mol. The minimum Gasteiger partial charge on any atom is -0.349 e. The molecule has 3 rings (SSSR count). The molecule has 2 aromatic rings. The van der Waals surface area contributed by atoms with Crippen molar-refractivity contribution in [1.29, 1.82) is 0 Å². The third-order valence-corrected chi connectivity index (χ3v) is 7.26. The number of fused-ring (bicyclic) bond motifs is 1. The number of benzene rings is 1. The molecule has 0 radical (unpaired) electrons. The van der Waals surface area contributed by atoms with Gasteiger partial charge >= 0.3 is 0 Å². The van der Waals surface area contributed by atoms with E-state index in [0.717, 1.165) is 11.0 Å². The zero-order valence-corrected chi connectivity index (χ0v) is 14.4. The van der Waals surface area contributed by atoms with Gasteiger partial charge in [0, 0.05) is 13.1 Å². The molecule has 0 aliphatic carbocycles. The molecule has 2 heterocycles. The Kier molecular flexibility index (Phi) is 3.71. The summed E-state index contributed by atoms with van der Waals surface area (Å²) < 4.78 is 25.1. The fraction of sp³-hybridized carbons (Fsp3) is 0.500. The molecule has 1 aliphatic rings. The third kappa shape index (κ3) is 2.73. The van der Waals surface area contributed by atoms with Crippen LogP contribution in [0.3, 0.4) is 0 Å². The Morgan fingerprint density at radius 1 is 1.39 bits per heavy atom. The van der Waals surface area contributed by atoms with Crippen LogP contribution in [0.4, 0.5) is 0 Å². The lowest BCUT2D eigenvalue weighted by atomic mass is 9.99. The van der Waals surface area contributed by atoms with Gasteiger partial charge in [-0.05, 0) is 38.8 Å². The third-order valence-electron chi connectivity index (χ3n) is 4.63. The molecule has 1 N–H and O–H groups in total. The van der Waals surface area contributed by atoms with Gasteiger partial charge in [0.05, 0.1) is 33.4 Å². The predicted octanol–water partition coefficient (Wildman–Crippen LogP) is 1.66. The van der Waals surface area contributed by atoms with Gasteiger partial charge in [-0.3, -0.25) is 4.79 Å². The van der Waals surface area contributed by atoms with Crippen molar-refractivity contribution in [3.05, 3.63) is 30.1 Å². The van der Waals surface area contributed by atoms with Gasteiger partial charge in [0.1, 0.15) is 0 Å². The van der Waals surface area contributed by atoms with Crippen LogP contribution in [0, 0.1) is 0 Å². The standard InChI is InChI=1S/C16H21N3O3S/c1-16(2)9-11(7-8-23(16,21)22)18-15(20)12-5-4-6-13-14(12)19(3)10-17-13/h4-6,10-11H,7-9H2,1-3H3,(H,18,20)/t11-/m0/s1. The van der Waals surface area contributed by atoms with E-state index in [4.69, 9.17) is 0 Å². The number of nitrogens with one attached hydrogen (secondary N) is 1. The van der Waals surface area contributed by atoms with Crippen LogP contribution < -0.4 is 5.32 Å². The van der Waals surface area contributed by atoms with E-state index >= 15 is 0 Å². The highest BCUT2D eigenvalue weighted by atomic mass is 32.2. The fourth-order valence-electron chi connectivity index (χ4n) is 3.18. The molecule has 0 saturated carbocycles. The Labute approximate surface area is 135 Å². The maximum Gasteiger partial charge on any atom is 0.253 e. The monoisotopic (exact) mass is 335 g/mol. The van der Waals surface area contributed by atoms with Crippen molar-refractivity contribution in [2.45, 2.75) is 37.5 Å². The molecule has 1 fully saturated rings. The van der Waals surface area contributed by atoms with Gasteiger partial charge in [0.2, 0.25) is 0 Å². The summed E-state index contributed by atoms with van der Waals surface area (Å²) in [6.07, 6.45) is 2.57. The summed E-state index contributed by atoms with van der Waals surface area (Å²) in [5.74, 6) is -0.0692. The van der Waals surface area contributed by atoms with Crippen LogP contribution in [-0.2, 0) is 16.9 Å². The second kappa shape index (κ2) is 5.33. The van der Waals surface area contributed by atoms with Crippen molar-refractivity contribution in [3.63, 3.8) is 0 Å². The topological polar surface area (TPSA) is 81.1 Å². The minimum absolute atomic E-state index is 0.112. The van der Waals surface area contributed by atoms with E-state index in [9.17, 15) is 13.2 Å². The number of imidazole rings is 1. The highest BCUT2D eigenvalue weighted by Gasteiger charge is 2.41. The van der Waals surface area contributed by atoms with E-state index in [-0.39, 0.29) is 17.7 Å². The lowest BCUT2D eigenvalue weighted by Crippen LogP contribution is -2.49. The van der Waals surface area contributed by atoms with Gasteiger partial charge in [-0.15, -0.1) is 0 Å². The number of nitrogens with zero attached hydrogens (tertiary/aromatic N) is 2. The van der Waals surface area contributed by atoms with E-state index in [2.05, 4.69) is 10.3 Å². The molecule has 0 unspecified atom stereocenters. The number of para-hydroxylation sites is 1. The number of carbonyl (C=O) groups is 1. The van der Waals surface area contributed by atoms with E-state index in [1.165, 1.54) is 0 Å². The first kappa shape index (κ1) is 16.0. The largest absolute Gasteiger partial charge is 0.349 e. The maximum atomic E-state index is 12.6. The van der Waals surface area contributed by atoms with E-state index in [0.29, 0.717) is 18.4 Å². The quantitative estimate of drug-likeness (QED) is 0.905. The molecule has 6 nitrogen and oxygen atoms in total. The van der Waals surface area contributed by atoms with Crippen LogP contribution in [0.5, 0.6) is 0 Å². The summed E-state index contributed by atoms with van der Waals surface area (Å²) >= 11 is 0. The summed E-state index contributed by atoms with van der Waals surface area (Å²) in [6.45, 7) is 3.45. The summed E-state index contributed by atoms with van der Waals surface area (Å²) in [5, 5.41) is 2.99. The van der Waals surface area contributed by atoms with Crippen LogP contribution >= 0.6 is 0 Å². The Bertz CT molecular complexity index is 868. The molecule has 1 saturated heterocycles. The van der Waals surface area contributed by atoms with Gasteiger partial charge in [-0.25, -0.2) is 13.4 Å². The molecular formula is C16H21N3O3S. The lowest BCUT2D eigenvalue weighted by Gasteiger charge is -2.35. The Balaban J connectivity index is 1.84. The van der Waals surface area contributed by atoms with E-state index in [1.54, 1.807) is 32.3 Å². The first-order valence-electron chi connectivity index (χ1n) is 7.64. The number of hydrogen-bond donors (Lipinski definition) is 1. The fourth-order valence-corrected chi connectivity index (χ4v) is 4.78. The van der Waals surface area contributed by atoms with Crippen molar-refractivity contribution in [2.75, 3.05) is 5.75 Å². The first-order valence-corrected chi connectivity index (χ1v) is 9.30. The molecule has 1 aromatic heterocycles. The number of aryl methyl sites for hydroxylation is 1. The Hall–Kier alpha value is -1.89. The number of aromatic nitrogens is 2. The number of sulfone groups is 1. The van der Waals surface area contributed by atoms with Gasteiger partial charge in [-0.2, -0.15) is 0 Å². The van der Waals surface area contributed by atoms with Gasteiger partial charge in [0.15, 0.2) is 9.84 Å². The predicted molar refractivity (Wildman–Crippen MR) is 89.1 cm³/mol. The highest BCUT2D eigenvalue weighted by molar-refractivity contribution is 7.92. The Morgan fingerprint density at radius 2 is 2.13 bits per heavy atom. The second-order valence-corrected chi connectivity index (χ2v) is 9.51. The van der Waals surface area contributed by atoms with Crippen LogP contribution in [0.2, 0.25) is 0 Å². The molecule has 1 aliphatic heterocycles. The van der Waals surface area contributed by atoms with Crippen molar-refractivity contribution < 1.29 is 13.2 Å². The average Bonchev–Trinajstić information content (AvgIpc) is 2.85. The van der Waals surface area contributed by atoms with Gasteiger partial charge in [-0.1, -0.05) is 6.07 Å². The molecule has 1 aromatic carbocycles. The van der Waals surface area contributed by atoms with Crippen molar-refractivity contribution in [2.24, 2.45) is 7.05 Å². The maximum absolute atomic E-state index is 12.6. The van der Waals surface area contributed by atoms with Crippen LogP contribution in [-0.4, -0.2) is 40.4 Å². The van der Waals surface area contributed by atoms with Gasteiger partial charge < -0.3 is 9.88 Å². The Morgan fingerprint density at radius 3 is 2.83 bits per heavy atom. The molecule has 0 bridgehead atoms. The molecule has 7 heteroatoms. The van der Waals surface area contributed by atoms with Crippen LogP contribution in [0.25, 0.3) is 11.0 Å². The molecule has 1 atom stereocenters. The molecule has 124 valence electrons. The van der Waals surface area contributed by atoms with Crippen molar-refractivity contribution in [3.8, 4) is 0 Å². The smallest absolute Gasteiger partial charge is 0.253 e. The second-order valence-electron chi connectivity index (χ2n) is 6.77. The number of carbonyl (C=O) groups excluding carboxylic acids is 1. The zero-order valence-electron chi connectivity index (χ0n) is 13.5. The number of rotatable bonds is 2. The first-order chi connectivity index (χ1) is 10.7. The van der Waals surface area contributed by atoms with E-state index in [1.807, 2.05) is 17.7 Å². The summed E-state index contributed by atoms with van der Waals surface area (Å²) in [4.78, 5) is 16.9. The van der Waals surface area contributed by atoms with Gasteiger partial charge in [0.25, 0.3) is 5.91 Å². The van der Waals surface area contributed by atoms with Crippen LogP contribution in [0.1, 0.15) is 37.0 Å². The zero-order chi connectivity index (χ0) is 16.8. The molecule has 1 amide bonds. The molecule has 23 heavy (non-hydrogen) atoms. The number of hydrogen-bond acceptors (Lipinski definition) is 4.